The molecule has 1 fully saturated rings. The first-order chi connectivity index (χ1) is 13.7. The van der Waals surface area contributed by atoms with Crippen LogP contribution in [0.25, 0.3) is 16.7 Å². The first-order valence-electron chi connectivity index (χ1n) is 9.64. The van der Waals surface area contributed by atoms with Crippen molar-refractivity contribution in [3.05, 3.63) is 52.1 Å². The van der Waals surface area contributed by atoms with Crippen LogP contribution in [0.2, 0.25) is 5.02 Å². The van der Waals surface area contributed by atoms with Gasteiger partial charge in [0.25, 0.3) is 0 Å². The van der Waals surface area contributed by atoms with Crippen molar-refractivity contribution >= 4 is 34.1 Å². The number of nitrogens with zero attached hydrogens (tertiary/aromatic N) is 5. The molecule has 5 heterocycles. The van der Waals surface area contributed by atoms with Gasteiger partial charge in [-0.1, -0.05) is 11.6 Å². The van der Waals surface area contributed by atoms with Crippen molar-refractivity contribution < 1.29 is 0 Å². The summed E-state index contributed by atoms with van der Waals surface area (Å²) in [6.07, 6.45) is 2.81. The van der Waals surface area contributed by atoms with Crippen LogP contribution in [0.5, 0.6) is 0 Å². The summed E-state index contributed by atoms with van der Waals surface area (Å²) in [5, 5.41) is 8.73. The number of aromatic nitrogens is 5. The Hall–Kier alpha value is -2.64. The zero-order valence-electron chi connectivity index (χ0n) is 15.5. The van der Waals surface area contributed by atoms with E-state index in [4.69, 9.17) is 21.6 Å². The molecular weight excluding hydrogens is 374 g/mol. The van der Waals surface area contributed by atoms with Crippen LogP contribution in [-0.2, 0) is 13.0 Å². The first kappa shape index (κ1) is 16.3. The molecule has 3 aromatic heterocycles. The Labute approximate surface area is 166 Å². The molecular formula is C20H20ClN7. The highest BCUT2D eigenvalue weighted by Crippen LogP contribution is 2.35. The summed E-state index contributed by atoms with van der Waals surface area (Å²) in [4.78, 5) is 15.5. The van der Waals surface area contributed by atoms with Gasteiger partial charge in [-0.15, -0.1) is 0 Å². The van der Waals surface area contributed by atoms with Crippen molar-refractivity contribution in [2.24, 2.45) is 0 Å². The van der Waals surface area contributed by atoms with Gasteiger partial charge in [0.15, 0.2) is 5.65 Å². The van der Waals surface area contributed by atoms with Crippen LogP contribution in [0.4, 0.5) is 5.82 Å². The summed E-state index contributed by atoms with van der Waals surface area (Å²) in [7, 11) is 0. The second-order valence-corrected chi connectivity index (χ2v) is 8.14. The third-order valence-electron chi connectivity index (χ3n) is 5.88. The van der Waals surface area contributed by atoms with Gasteiger partial charge in [0.1, 0.15) is 11.6 Å². The predicted octanol–water partition coefficient (Wildman–Crippen LogP) is 2.82. The van der Waals surface area contributed by atoms with Crippen LogP contribution < -0.4 is 10.2 Å². The molecule has 4 aromatic rings. The molecule has 6 rings (SSSR count). The van der Waals surface area contributed by atoms with Gasteiger partial charge in [-0.25, -0.2) is 9.97 Å². The highest BCUT2D eigenvalue weighted by Gasteiger charge is 2.35. The third-order valence-corrected chi connectivity index (χ3v) is 6.29. The van der Waals surface area contributed by atoms with Crippen LogP contribution in [0.1, 0.15) is 28.6 Å². The average Bonchev–Trinajstić information content (AvgIpc) is 3.27. The van der Waals surface area contributed by atoms with E-state index in [-0.39, 0.29) is 0 Å². The second-order valence-electron chi connectivity index (χ2n) is 7.73. The fourth-order valence-corrected chi connectivity index (χ4v) is 4.49. The lowest BCUT2D eigenvalue weighted by atomic mass is 9.97. The number of aryl methyl sites for hydroxylation is 1. The fraction of sp³-hybridized carbons (Fsp3) is 0.350. The van der Waals surface area contributed by atoms with Crippen molar-refractivity contribution in [3.63, 3.8) is 0 Å². The lowest BCUT2D eigenvalue weighted by Crippen LogP contribution is -2.47. The lowest BCUT2D eigenvalue weighted by Gasteiger charge is -2.41. The molecule has 7 nitrogen and oxygen atoms in total. The standard InChI is InChI=1S/C20H20ClN7/c1-11-6-15-16(7-14(11)21)26-19(25-15)12-9-27(10-12)20-13-2-4-22-8-17(13)24-18-3-5-23-28(18)20/h3,5-7,12,22H,2,4,8-10H2,1H3,(H,25,26). The van der Waals surface area contributed by atoms with E-state index in [0.29, 0.717) is 5.92 Å². The maximum Gasteiger partial charge on any atom is 0.157 e. The van der Waals surface area contributed by atoms with Crippen LogP contribution in [-0.4, -0.2) is 44.2 Å². The summed E-state index contributed by atoms with van der Waals surface area (Å²) in [5.41, 5.74) is 6.42. The molecule has 0 unspecified atom stereocenters. The van der Waals surface area contributed by atoms with Gasteiger partial charge in [-0.2, -0.15) is 9.61 Å². The number of rotatable bonds is 2. The van der Waals surface area contributed by atoms with E-state index >= 15 is 0 Å². The van der Waals surface area contributed by atoms with E-state index in [0.717, 1.165) is 71.4 Å². The van der Waals surface area contributed by atoms with Gasteiger partial charge in [0, 0.05) is 36.3 Å². The monoisotopic (exact) mass is 393 g/mol. The highest BCUT2D eigenvalue weighted by molar-refractivity contribution is 6.32. The zero-order valence-corrected chi connectivity index (χ0v) is 16.3. The number of anilines is 1. The molecule has 2 aliphatic rings. The van der Waals surface area contributed by atoms with Crippen molar-refractivity contribution in [3.8, 4) is 0 Å². The number of fused-ring (bicyclic) bond motifs is 3. The van der Waals surface area contributed by atoms with Crippen LogP contribution in [0.15, 0.2) is 24.4 Å². The van der Waals surface area contributed by atoms with Gasteiger partial charge < -0.3 is 15.2 Å². The minimum atomic E-state index is 0.377. The SMILES string of the molecule is Cc1cc2nc(C3CN(c4c5c(nc6ccnn46)CNCC5)C3)[nH]c2cc1Cl. The van der Waals surface area contributed by atoms with Crippen LogP contribution in [0, 0.1) is 6.92 Å². The minimum Gasteiger partial charge on any atom is -0.355 e. The van der Waals surface area contributed by atoms with Crippen molar-refractivity contribution in [1.82, 2.24) is 29.9 Å². The Bertz CT molecular complexity index is 1180. The van der Waals surface area contributed by atoms with Gasteiger partial charge in [0.2, 0.25) is 0 Å². The molecule has 0 saturated carbocycles. The van der Waals surface area contributed by atoms with E-state index in [2.05, 4.69) is 20.3 Å². The lowest BCUT2D eigenvalue weighted by molar-refractivity contribution is 0.491. The average molecular weight is 394 g/mol. The molecule has 1 aromatic carbocycles. The van der Waals surface area contributed by atoms with Gasteiger partial charge in [-0.05, 0) is 37.6 Å². The smallest absolute Gasteiger partial charge is 0.157 e. The fourth-order valence-electron chi connectivity index (χ4n) is 4.33. The number of aromatic amines is 1. The molecule has 0 bridgehead atoms. The normalized spacial score (nSPS) is 17.3. The number of hydrogen-bond donors (Lipinski definition) is 2. The second kappa shape index (κ2) is 5.93. The number of imidazole rings is 1. The Morgan fingerprint density at radius 1 is 1.21 bits per heavy atom. The number of halogens is 1. The Morgan fingerprint density at radius 2 is 2.11 bits per heavy atom. The molecule has 28 heavy (non-hydrogen) atoms. The molecule has 0 radical (unpaired) electrons. The van der Waals surface area contributed by atoms with E-state index in [1.54, 1.807) is 0 Å². The van der Waals surface area contributed by atoms with Gasteiger partial charge in [-0.3, -0.25) is 0 Å². The minimum absolute atomic E-state index is 0.377. The van der Waals surface area contributed by atoms with E-state index in [1.807, 2.05) is 35.8 Å². The van der Waals surface area contributed by atoms with E-state index < -0.39 is 0 Å². The number of nitrogens with one attached hydrogen (secondary N) is 2. The first-order valence-corrected chi connectivity index (χ1v) is 10.0. The van der Waals surface area contributed by atoms with Crippen molar-refractivity contribution in [2.45, 2.75) is 25.8 Å². The predicted molar refractivity (Wildman–Crippen MR) is 109 cm³/mol. The van der Waals surface area contributed by atoms with Crippen molar-refractivity contribution in [1.29, 1.82) is 0 Å². The topological polar surface area (TPSA) is 74.1 Å². The summed E-state index contributed by atoms with van der Waals surface area (Å²) in [6.45, 7) is 5.66. The quantitative estimate of drug-likeness (QED) is 0.547. The molecule has 2 aliphatic heterocycles. The molecule has 1 saturated heterocycles. The Morgan fingerprint density at radius 3 is 3.00 bits per heavy atom. The zero-order chi connectivity index (χ0) is 18.8. The van der Waals surface area contributed by atoms with Crippen LogP contribution in [0.3, 0.4) is 0 Å². The van der Waals surface area contributed by atoms with E-state index in [1.165, 1.54) is 11.4 Å². The van der Waals surface area contributed by atoms with Crippen molar-refractivity contribution in [2.75, 3.05) is 24.5 Å². The maximum atomic E-state index is 6.26. The third kappa shape index (κ3) is 2.36. The van der Waals surface area contributed by atoms with Gasteiger partial charge >= 0.3 is 0 Å². The van der Waals surface area contributed by atoms with Gasteiger partial charge in [0.05, 0.1) is 28.8 Å². The van der Waals surface area contributed by atoms with Crippen LogP contribution >= 0.6 is 11.6 Å². The number of H-pyrrole nitrogens is 1. The molecule has 0 amide bonds. The molecule has 0 spiro atoms. The van der Waals surface area contributed by atoms with E-state index in [9.17, 15) is 0 Å². The number of benzene rings is 1. The molecule has 8 heteroatoms. The summed E-state index contributed by atoms with van der Waals surface area (Å²) < 4.78 is 1.99. The summed E-state index contributed by atoms with van der Waals surface area (Å²) in [5.74, 6) is 2.61. The largest absolute Gasteiger partial charge is 0.355 e. The summed E-state index contributed by atoms with van der Waals surface area (Å²) >= 11 is 6.26. The molecule has 142 valence electrons. The summed E-state index contributed by atoms with van der Waals surface area (Å²) in [6, 6.07) is 5.99. The molecule has 0 aliphatic carbocycles. The highest BCUT2D eigenvalue weighted by atomic mass is 35.5. The molecule has 2 N–H and O–H groups in total. The molecule has 0 atom stereocenters. The Balaban J connectivity index is 1.34. The Kier molecular flexibility index (Phi) is 3.46. The number of hydrogen-bond acceptors (Lipinski definition) is 5. The maximum absolute atomic E-state index is 6.26.